The van der Waals surface area contributed by atoms with Crippen molar-refractivity contribution in [3.8, 4) is 11.1 Å². The lowest BCUT2D eigenvalue weighted by Gasteiger charge is -2.34. The van der Waals surface area contributed by atoms with Gasteiger partial charge in [-0.3, -0.25) is 0 Å². The first-order valence-corrected chi connectivity index (χ1v) is 28.9. The predicted octanol–water partition coefficient (Wildman–Crippen LogP) is 22.3. The molecule has 0 saturated heterocycles. The van der Waals surface area contributed by atoms with Crippen molar-refractivity contribution in [2.45, 2.75) is 93.9 Å². The molecule has 0 atom stereocenters. The van der Waals surface area contributed by atoms with E-state index in [-0.39, 0.29) is 5.41 Å². The van der Waals surface area contributed by atoms with E-state index in [0.29, 0.717) is 5.92 Å². The molecule has 11 aromatic rings. The number of benzene rings is 10. The number of fused-ring (bicyclic) bond motifs is 8. The smallest absolute Gasteiger partial charge is 0.0713 e. The Bertz CT molecular complexity index is 3800. The van der Waals surface area contributed by atoms with Gasteiger partial charge in [0, 0.05) is 20.2 Å². The molecule has 0 radical (unpaired) electrons. The van der Waals surface area contributed by atoms with Crippen LogP contribution in [0.5, 0.6) is 0 Å². The largest absolute Gasteiger partial charge is 0.135 e. The van der Waals surface area contributed by atoms with Crippen LogP contribution in [0, 0.1) is 48.5 Å². The zero-order valence-corrected chi connectivity index (χ0v) is 49.3. The Balaban J connectivity index is 0.000000144. The highest BCUT2D eigenvalue weighted by atomic mass is 32.1. The molecule has 0 fully saturated rings. The standard InChI is InChI=1S/C31H24.C14H12S.C14H16.C11H16.C8H10/c1-21-17-18-27-28(19-21)31(23-11-5-3-6-12-23,24-13-7-4-8-14-24)29-20-22(2)25-15-9-10-16-26(25)30(27)29;1-2-10-6-5-9-13-14(10)11-7-3-4-8-12(11)15-13;1-4-6-7-13(5-2)14-10-8-12(3)9-11-14;1-8(2)11-6-5-9(3)10(4)7-11;1-7-3-5-8(2)6-4-7/h3-20H,1-2H3;3-9H,2H2,1H3;4-11H,1H2,2-3H3;5-8H,1-4H3;3-6H,1-2H3/b;;7-6-,13-5+;;. The van der Waals surface area contributed by atoms with Gasteiger partial charge in [-0.1, -0.05) is 280 Å². The summed E-state index contributed by atoms with van der Waals surface area (Å²) in [6.45, 7) is 27.4. The molecule has 0 saturated carbocycles. The van der Waals surface area contributed by atoms with Crippen LogP contribution >= 0.6 is 11.3 Å². The molecular formula is C78H78S. The summed E-state index contributed by atoms with van der Waals surface area (Å²) < 4.78 is 2.81. The van der Waals surface area contributed by atoms with Crippen molar-refractivity contribution in [3.63, 3.8) is 0 Å². The molecule has 0 unspecified atom stereocenters. The third-order valence-corrected chi connectivity index (χ3v) is 16.4. The maximum atomic E-state index is 3.66. The average molecular weight is 1050 g/mol. The molecule has 1 heterocycles. The first kappa shape index (κ1) is 57.1. The minimum atomic E-state index is -0.325. The van der Waals surface area contributed by atoms with Crippen LogP contribution in [0.2, 0.25) is 0 Å². The normalized spacial score (nSPS) is 12.1. The molecule has 0 N–H and O–H groups in total. The lowest BCUT2D eigenvalue weighted by Crippen LogP contribution is -2.28. The zero-order valence-electron chi connectivity index (χ0n) is 48.5. The second kappa shape index (κ2) is 26.5. The summed E-state index contributed by atoms with van der Waals surface area (Å²) in [7, 11) is 0. The maximum Gasteiger partial charge on any atom is 0.0713 e. The molecule has 10 aromatic carbocycles. The molecule has 396 valence electrons. The number of hydrogen-bond donors (Lipinski definition) is 0. The monoisotopic (exact) mass is 1050 g/mol. The van der Waals surface area contributed by atoms with Crippen LogP contribution in [0.15, 0.2) is 249 Å². The Labute approximate surface area is 477 Å². The van der Waals surface area contributed by atoms with E-state index in [0.717, 1.165) is 6.42 Å². The summed E-state index contributed by atoms with van der Waals surface area (Å²) in [5.74, 6) is 0.647. The summed E-state index contributed by atoms with van der Waals surface area (Å²) in [5, 5.41) is 5.55. The Morgan fingerprint density at radius 1 is 0.494 bits per heavy atom. The first-order valence-electron chi connectivity index (χ1n) is 28.1. The van der Waals surface area contributed by atoms with Crippen LogP contribution in [-0.4, -0.2) is 0 Å². The number of thiophene rings is 1. The van der Waals surface area contributed by atoms with Gasteiger partial charge in [-0.05, 0) is 163 Å². The highest BCUT2D eigenvalue weighted by Crippen LogP contribution is 2.58. The predicted molar refractivity (Wildman–Crippen MR) is 350 cm³/mol. The van der Waals surface area contributed by atoms with Gasteiger partial charge in [-0.25, -0.2) is 0 Å². The van der Waals surface area contributed by atoms with Crippen molar-refractivity contribution in [1.82, 2.24) is 0 Å². The number of allylic oxidation sites excluding steroid dienone is 5. The van der Waals surface area contributed by atoms with Crippen molar-refractivity contribution in [2.75, 3.05) is 0 Å². The zero-order chi connectivity index (χ0) is 56.1. The van der Waals surface area contributed by atoms with Crippen molar-refractivity contribution < 1.29 is 0 Å². The Morgan fingerprint density at radius 3 is 1.61 bits per heavy atom. The molecule has 79 heavy (non-hydrogen) atoms. The van der Waals surface area contributed by atoms with Gasteiger partial charge in [0.05, 0.1) is 5.41 Å². The second-order valence-corrected chi connectivity index (χ2v) is 22.4. The highest BCUT2D eigenvalue weighted by molar-refractivity contribution is 7.25. The Morgan fingerprint density at radius 2 is 1.04 bits per heavy atom. The van der Waals surface area contributed by atoms with Crippen LogP contribution in [0.1, 0.15) is 112 Å². The van der Waals surface area contributed by atoms with Gasteiger partial charge >= 0.3 is 0 Å². The third-order valence-electron chi connectivity index (χ3n) is 15.3. The fraction of sp³-hybridized carbons (Fsp3) is 0.179. The van der Waals surface area contributed by atoms with Crippen molar-refractivity contribution >= 4 is 47.9 Å². The molecule has 0 nitrogen and oxygen atoms in total. The quantitative estimate of drug-likeness (QED) is 0.140. The lowest BCUT2D eigenvalue weighted by molar-refractivity contribution is 0.767. The van der Waals surface area contributed by atoms with Gasteiger partial charge < -0.3 is 0 Å². The number of aryl methyl sites for hydroxylation is 8. The van der Waals surface area contributed by atoms with Gasteiger partial charge in [0.2, 0.25) is 0 Å². The van der Waals surface area contributed by atoms with Crippen LogP contribution in [0.4, 0.5) is 0 Å². The van der Waals surface area contributed by atoms with Crippen LogP contribution in [0.25, 0.3) is 47.6 Å². The van der Waals surface area contributed by atoms with Crippen LogP contribution in [-0.2, 0) is 11.8 Å². The average Bonchev–Trinajstić information content (AvgIpc) is 4.14. The molecular weight excluding hydrogens is 969 g/mol. The number of rotatable bonds is 7. The van der Waals surface area contributed by atoms with E-state index in [1.807, 2.05) is 24.3 Å². The summed E-state index contributed by atoms with van der Waals surface area (Å²) in [4.78, 5) is 0. The molecule has 1 aromatic heterocycles. The Kier molecular flexibility index (Phi) is 19.1. The topological polar surface area (TPSA) is 0 Å². The molecule has 0 bridgehead atoms. The number of hydrogen-bond acceptors (Lipinski definition) is 1. The molecule has 1 aliphatic rings. The van der Waals surface area contributed by atoms with E-state index in [1.165, 1.54) is 126 Å². The van der Waals surface area contributed by atoms with Crippen LogP contribution < -0.4 is 0 Å². The van der Waals surface area contributed by atoms with E-state index in [1.54, 1.807) is 6.08 Å². The summed E-state index contributed by atoms with van der Waals surface area (Å²) in [5.41, 5.74) is 22.6. The van der Waals surface area contributed by atoms with Gasteiger partial charge in [-0.15, -0.1) is 11.3 Å². The molecule has 12 rings (SSSR count). The molecule has 1 heteroatoms. The molecule has 1 aliphatic carbocycles. The van der Waals surface area contributed by atoms with Gasteiger partial charge in [-0.2, -0.15) is 0 Å². The van der Waals surface area contributed by atoms with Crippen molar-refractivity contribution in [1.29, 1.82) is 0 Å². The summed E-state index contributed by atoms with van der Waals surface area (Å²) in [6.07, 6.45) is 9.02. The van der Waals surface area contributed by atoms with E-state index >= 15 is 0 Å². The van der Waals surface area contributed by atoms with Gasteiger partial charge in [0.15, 0.2) is 0 Å². The lowest BCUT2D eigenvalue weighted by atomic mass is 9.67. The fourth-order valence-electron chi connectivity index (χ4n) is 10.8. The van der Waals surface area contributed by atoms with Gasteiger partial charge in [0.25, 0.3) is 0 Å². The van der Waals surface area contributed by atoms with E-state index in [4.69, 9.17) is 0 Å². The van der Waals surface area contributed by atoms with Crippen molar-refractivity contribution in [3.05, 3.63) is 327 Å². The fourth-order valence-corrected chi connectivity index (χ4v) is 12.0. The second-order valence-electron chi connectivity index (χ2n) is 21.3. The van der Waals surface area contributed by atoms with E-state index < -0.39 is 0 Å². The molecule has 0 aliphatic heterocycles. The minimum Gasteiger partial charge on any atom is -0.135 e. The van der Waals surface area contributed by atoms with Crippen LogP contribution in [0.3, 0.4) is 0 Å². The minimum absolute atomic E-state index is 0.325. The van der Waals surface area contributed by atoms with Crippen molar-refractivity contribution in [2.24, 2.45) is 0 Å². The summed E-state index contributed by atoms with van der Waals surface area (Å²) in [6, 6.07) is 79.3. The summed E-state index contributed by atoms with van der Waals surface area (Å²) >= 11 is 1.89. The third kappa shape index (κ3) is 12.9. The first-order chi connectivity index (χ1) is 38.3. The van der Waals surface area contributed by atoms with Gasteiger partial charge in [0.1, 0.15) is 0 Å². The SMILES string of the molecule is C=C/C=C\C(=C/C)c1ccc(C)cc1.CCc1cccc2sc3ccccc3c12.Cc1ccc(C(C)C)cc1C.Cc1ccc(C)cc1.Cc1ccc2c(c1)C(c1ccccc1)(c1ccccc1)c1cc(C)c3ccccc3c1-2. The van der Waals surface area contributed by atoms with E-state index in [9.17, 15) is 0 Å². The van der Waals surface area contributed by atoms with E-state index in [2.05, 4.69) is 306 Å². The Hall–Kier alpha value is -8.10. The molecule has 0 spiro atoms. The molecule has 0 amide bonds. The highest BCUT2D eigenvalue weighted by Gasteiger charge is 2.47. The maximum absolute atomic E-state index is 3.66.